The van der Waals surface area contributed by atoms with E-state index >= 15 is 0 Å². The SMILES string of the molecule is CC(C)(C)[C@H](NS(=O)(=O)C(F)(F)F)C(=O)N1C[C@H]2[C@@H]([C@H]1C(=O)N[C@@H](C[C@@H]1CCNC1=O)C(=O)COc1ccccc1F)C2(C)C. The average Bonchev–Trinajstić information content (AvgIpc) is 3.26. The zero-order valence-electron chi connectivity index (χ0n) is 25.5. The molecular formula is C29H38F4N4O7S. The number of para-hydroxylation sites is 1. The molecule has 0 spiro atoms. The Morgan fingerprint density at radius 2 is 1.80 bits per heavy atom. The molecule has 1 aliphatic carbocycles. The van der Waals surface area contributed by atoms with E-state index in [9.17, 15) is 45.2 Å². The Morgan fingerprint density at radius 3 is 2.36 bits per heavy atom. The van der Waals surface area contributed by atoms with Crippen LogP contribution in [0.1, 0.15) is 47.5 Å². The summed E-state index contributed by atoms with van der Waals surface area (Å²) >= 11 is 0. The number of likely N-dealkylation sites (tertiary alicyclic amines) is 1. The number of nitrogens with one attached hydrogen (secondary N) is 3. The minimum absolute atomic E-state index is 0.0189. The first kappa shape index (κ1) is 34.6. The lowest BCUT2D eigenvalue weighted by Gasteiger charge is -2.37. The third-order valence-corrected chi connectivity index (χ3v) is 10.2. The monoisotopic (exact) mass is 662 g/mol. The molecule has 2 saturated heterocycles. The van der Waals surface area contributed by atoms with E-state index in [-0.39, 0.29) is 30.5 Å². The van der Waals surface area contributed by atoms with Gasteiger partial charge in [0, 0.05) is 19.0 Å². The molecule has 0 unspecified atom stereocenters. The molecular weight excluding hydrogens is 624 g/mol. The fourth-order valence-corrected chi connectivity index (χ4v) is 7.19. The van der Waals surface area contributed by atoms with Crippen molar-refractivity contribution in [2.75, 3.05) is 19.7 Å². The highest BCUT2D eigenvalue weighted by molar-refractivity contribution is 7.90. The highest BCUT2D eigenvalue weighted by Crippen LogP contribution is 2.65. The molecule has 2 heterocycles. The van der Waals surface area contributed by atoms with Crippen LogP contribution in [-0.4, -0.2) is 80.2 Å². The Balaban J connectivity index is 1.59. The van der Waals surface area contributed by atoms with Gasteiger partial charge in [0.1, 0.15) is 18.7 Å². The van der Waals surface area contributed by atoms with E-state index in [2.05, 4.69) is 10.6 Å². The third kappa shape index (κ3) is 7.11. The van der Waals surface area contributed by atoms with Crippen LogP contribution in [0.3, 0.4) is 0 Å². The molecule has 1 aromatic carbocycles. The predicted octanol–water partition coefficient (Wildman–Crippen LogP) is 2.12. The van der Waals surface area contributed by atoms with E-state index in [1.165, 1.54) is 43.7 Å². The van der Waals surface area contributed by atoms with Crippen molar-refractivity contribution in [3.8, 4) is 5.75 Å². The fourth-order valence-electron chi connectivity index (χ4n) is 6.29. The first-order valence-electron chi connectivity index (χ1n) is 14.5. The van der Waals surface area contributed by atoms with Crippen LogP contribution in [0, 0.1) is 34.4 Å². The molecule has 11 nitrogen and oxygen atoms in total. The van der Waals surface area contributed by atoms with Gasteiger partial charge in [-0.1, -0.05) is 46.8 Å². The molecule has 3 N–H and O–H groups in total. The first-order valence-corrected chi connectivity index (χ1v) is 16.0. The number of fused-ring (bicyclic) bond motifs is 1. The molecule has 3 fully saturated rings. The zero-order chi connectivity index (χ0) is 33.7. The van der Waals surface area contributed by atoms with E-state index in [4.69, 9.17) is 4.74 Å². The molecule has 6 atom stereocenters. The molecule has 0 radical (unpaired) electrons. The van der Waals surface area contributed by atoms with E-state index in [1.54, 1.807) is 0 Å². The molecule has 16 heteroatoms. The van der Waals surface area contributed by atoms with Crippen LogP contribution in [0.15, 0.2) is 24.3 Å². The fraction of sp³-hybridized carbons (Fsp3) is 0.655. The van der Waals surface area contributed by atoms with E-state index in [0.29, 0.717) is 13.0 Å². The highest BCUT2D eigenvalue weighted by atomic mass is 32.2. The summed E-state index contributed by atoms with van der Waals surface area (Å²) in [5.74, 6) is -4.95. The van der Waals surface area contributed by atoms with Gasteiger partial charge in [0.2, 0.25) is 17.7 Å². The van der Waals surface area contributed by atoms with Crippen LogP contribution >= 0.6 is 0 Å². The molecule has 0 aromatic heterocycles. The number of hydrogen-bond donors (Lipinski definition) is 3. The molecule has 2 aliphatic heterocycles. The second kappa shape index (κ2) is 12.2. The Bertz CT molecular complexity index is 1460. The van der Waals surface area contributed by atoms with Crippen LogP contribution in [-0.2, 0) is 29.2 Å². The smallest absolute Gasteiger partial charge is 0.483 e. The van der Waals surface area contributed by atoms with Crippen molar-refractivity contribution in [3.63, 3.8) is 0 Å². The van der Waals surface area contributed by atoms with E-state index in [1.807, 2.05) is 13.8 Å². The molecule has 45 heavy (non-hydrogen) atoms. The largest absolute Gasteiger partial charge is 0.511 e. The molecule has 4 rings (SSSR count). The van der Waals surface area contributed by atoms with Gasteiger partial charge in [-0.3, -0.25) is 19.2 Å². The predicted molar refractivity (Wildman–Crippen MR) is 152 cm³/mol. The van der Waals surface area contributed by atoms with Gasteiger partial charge >= 0.3 is 15.5 Å². The number of rotatable bonds is 11. The van der Waals surface area contributed by atoms with Crippen LogP contribution < -0.4 is 20.1 Å². The molecule has 3 aliphatic rings. The maximum Gasteiger partial charge on any atom is 0.511 e. The van der Waals surface area contributed by atoms with Crippen molar-refractivity contribution in [2.24, 2.45) is 28.6 Å². The number of halogens is 4. The number of ether oxygens (including phenoxy) is 1. The summed E-state index contributed by atoms with van der Waals surface area (Å²) in [7, 11) is -5.92. The van der Waals surface area contributed by atoms with E-state index < -0.39 is 86.3 Å². The van der Waals surface area contributed by atoms with Gasteiger partial charge in [-0.25, -0.2) is 12.8 Å². The van der Waals surface area contributed by atoms with Gasteiger partial charge in [-0.15, -0.1) is 0 Å². The summed E-state index contributed by atoms with van der Waals surface area (Å²) in [6, 6.07) is 1.01. The van der Waals surface area contributed by atoms with Gasteiger partial charge in [-0.2, -0.15) is 17.9 Å². The van der Waals surface area contributed by atoms with Gasteiger partial charge in [-0.05, 0) is 47.6 Å². The molecule has 1 aromatic rings. The molecule has 3 amide bonds. The number of nitrogens with zero attached hydrogens (tertiary/aromatic N) is 1. The average molecular weight is 663 g/mol. The molecule has 1 saturated carbocycles. The number of sulfonamides is 1. The number of amides is 3. The Labute approximate surface area is 258 Å². The lowest BCUT2D eigenvalue weighted by atomic mass is 9.86. The minimum atomic E-state index is -5.92. The molecule has 0 bridgehead atoms. The Hall–Kier alpha value is -3.27. The van der Waals surface area contributed by atoms with Gasteiger partial charge in [0.15, 0.2) is 17.3 Å². The summed E-state index contributed by atoms with van der Waals surface area (Å²) in [5.41, 5.74) is -7.43. The maximum absolute atomic E-state index is 14.1. The second-order valence-corrected chi connectivity index (χ2v) is 15.2. The highest BCUT2D eigenvalue weighted by Gasteiger charge is 2.70. The van der Waals surface area contributed by atoms with E-state index in [0.717, 1.165) is 11.0 Å². The lowest BCUT2D eigenvalue weighted by molar-refractivity contribution is -0.144. The number of carbonyl (C=O) groups excluding carboxylic acids is 4. The quantitative estimate of drug-likeness (QED) is 0.307. The van der Waals surface area contributed by atoms with Crippen molar-refractivity contribution >= 4 is 33.5 Å². The Morgan fingerprint density at radius 1 is 1.16 bits per heavy atom. The van der Waals surface area contributed by atoms with Gasteiger partial charge in [0.05, 0.1) is 6.04 Å². The number of hydrogen-bond acceptors (Lipinski definition) is 7. The summed E-state index contributed by atoms with van der Waals surface area (Å²) < 4.78 is 84.8. The summed E-state index contributed by atoms with van der Waals surface area (Å²) in [5, 5.41) is 5.29. The van der Waals surface area contributed by atoms with Crippen LogP contribution in [0.4, 0.5) is 17.6 Å². The number of alkyl halides is 3. The number of carbonyl (C=O) groups is 4. The van der Waals surface area contributed by atoms with Crippen LogP contribution in [0.5, 0.6) is 5.75 Å². The van der Waals surface area contributed by atoms with Gasteiger partial charge in [0.25, 0.3) is 0 Å². The first-order chi connectivity index (χ1) is 20.7. The number of ketones is 1. The third-order valence-electron chi connectivity index (χ3n) is 9.05. The van der Waals surface area contributed by atoms with Gasteiger partial charge < -0.3 is 20.3 Å². The minimum Gasteiger partial charge on any atom is -0.483 e. The topological polar surface area (TPSA) is 151 Å². The lowest BCUT2D eigenvalue weighted by Crippen LogP contribution is -2.61. The summed E-state index contributed by atoms with van der Waals surface area (Å²) in [4.78, 5) is 54.5. The normalized spacial score (nSPS) is 25.6. The zero-order valence-corrected chi connectivity index (χ0v) is 26.4. The van der Waals surface area contributed by atoms with Crippen LogP contribution in [0.2, 0.25) is 0 Å². The summed E-state index contributed by atoms with van der Waals surface area (Å²) in [6.45, 7) is 7.61. The van der Waals surface area contributed by atoms with Crippen LogP contribution in [0.25, 0.3) is 0 Å². The number of piperidine rings is 1. The number of Topliss-reactive ketones (excluding diaryl/α,β-unsaturated/α-hetero) is 1. The second-order valence-electron chi connectivity index (χ2n) is 13.5. The number of benzene rings is 1. The van der Waals surface area contributed by atoms with Crippen molar-refractivity contribution in [1.29, 1.82) is 0 Å². The van der Waals surface area contributed by atoms with Crippen molar-refractivity contribution < 1.29 is 49.9 Å². The van der Waals surface area contributed by atoms with Crippen molar-refractivity contribution in [3.05, 3.63) is 30.1 Å². The molecule has 250 valence electrons. The maximum atomic E-state index is 14.1. The standard InChI is InChI=1S/C29H38F4N4O7S/c1-27(2,3)23(36-45(42,43)29(31,32)33)26(41)37-13-16-21(28(16,4)5)22(37)25(40)35-18(12-15-10-11-34-24(15)39)19(38)14-44-20-9-7-6-8-17(20)30/h6-9,15-16,18,21-23,36H,10-14H2,1-5H3,(H,34,39)(H,35,40)/t15-,16-,18-,21-,22-,23+/m0/s1. The van der Waals surface area contributed by atoms with Crippen molar-refractivity contribution in [1.82, 2.24) is 20.3 Å². The Kier molecular flexibility index (Phi) is 9.35. The summed E-state index contributed by atoms with van der Waals surface area (Å²) in [6.07, 6.45) is 0.288. The van der Waals surface area contributed by atoms with Crippen molar-refractivity contribution in [2.45, 2.75) is 71.1 Å².